The summed E-state index contributed by atoms with van der Waals surface area (Å²) in [4.78, 5) is 32.1. The van der Waals surface area contributed by atoms with Crippen molar-refractivity contribution in [2.75, 3.05) is 26.2 Å². The van der Waals surface area contributed by atoms with E-state index >= 15 is 0 Å². The topological polar surface area (TPSA) is 79.5 Å². The van der Waals surface area contributed by atoms with Crippen molar-refractivity contribution in [3.63, 3.8) is 0 Å². The summed E-state index contributed by atoms with van der Waals surface area (Å²) in [5.41, 5.74) is 4.94. The molecule has 1 aromatic carbocycles. The lowest BCUT2D eigenvalue weighted by Crippen LogP contribution is -2.50. The van der Waals surface area contributed by atoms with Gasteiger partial charge in [-0.2, -0.15) is 13.2 Å². The molecule has 152 valence electrons. The zero-order chi connectivity index (χ0) is 19.6. The van der Waals surface area contributed by atoms with E-state index in [4.69, 9.17) is 5.73 Å². The second-order valence-electron chi connectivity index (χ2n) is 5.99. The lowest BCUT2D eigenvalue weighted by Gasteiger charge is -2.34. The number of carbonyl (C=O) groups excluding carboxylic acids is 2. The SMILES string of the molecule is Cl.NCc1nc(C(=O)N2CCN(C(=O)c3cccc(C(F)(F)F)c3)CC2)cs1. The number of aromatic nitrogens is 1. The maximum atomic E-state index is 12.8. The van der Waals surface area contributed by atoms with E-state index in [-0.39, 0.29) is 43.5 Å². The molecule has 1 fully saturated rings. The largest absolute Gasteiger partial charge is 0.416 e. The van der Waals surface area contributed by atoms with Crippen molar-refractivity contribution >= 4 is 35.6 Å². The number of nitrogens with zero attached hydrogens (tertiary/aromatic N) is 3. The maximum Gasteiger partial charge on any atom is 0.416 e. The average Bonchev–Trinajstić information content (AvgIpc) is 3.16. The first kappa shape index (κ1) is 22.1. The normalized spacial score (nSPS) is 14.6. The van der Waals surface area contributed by atoms with Crippen molar-refractivity contribution < 1.29 is 22.8 Å². The first-order chi connectivity index (χ1) is 12.8. The van der Waals surface area contributed by atoms with Crippen molar-refractivity contribution in [1.29, 1.82) is 0 Å². The highest BCUT2D eigenvalue weighted by Crippen LogP contribution is 2.29. The van der Waals surface area contributed by atoms with Crippen molar-refractivity contribution in [3.05, 3.63) is 51.5 Å². The van der Waals surface area contributed by atoms with Gasteiger partial charge in [0.2, 0.25) is 0 Å². The van der Waals surface area contributed by atoms with Gasteiger partial charge in [0, 0.05) is 43.7 Å². The molecule has 1 saturated heterocycles. The first-order valence-corrected chi connectivity index (χ1v) is 9.08. The van der Waals surface area contributed by atoms with Crippen molar-refractivity contribution in [2.45, 2.75) is 12.7 Å². The highest BCUT2D eigenvalue weighted by Gasteiger charge is 2.32. The number of piperazine rings is 1. The molecule has 2 amide bonds. The number of alkyl halides is 3. The fourth-order valence-corrected chi connectivity index (χ4v) is 3.44. The zero-order valence-corrected chi connectivity index (χ0v) is 16.2. The summed E-state index contributed by atoms with van der Waals surface area (Å²) >= 11 is 1.31. The molecule has 1 aliphatic rings. The van der Waals surface area contributed by atoms with Gasteiger partial charge in [0.25, 0.3) is 11.8 Å². The molecule has 0 bridgehead atoms. The number of hydrogen-bond acceptors (Lipinski definition) is 5. The number of amides is 2. The Hall–Kier alpha value is -2.17. The van der Waals surface area contributed by atoms with Gasteiger partial charge in [0.05, 0.1) is 5.56 Å². The van der Waals surface area contributed by atoms with Crippen LogP contribution in [0.3, 0.4) is 0 Å². The van der Waals surface area contributed by atoms with Crippen LogP contribution in [-0.2, 0) is 12.7 Å². The molecule has 2 N–H and O–H groups in total. The van der Waals surface area contributed by atoms with Crippen LogP contribution in [0.15, 0.2) is 29.6 Å². The van der Waals surface area contributed by atoms with Crippen LogP contribution in [0.2, 0.25) is 0 Å². The van der Waals surface area contributed by atoms with Crippen LogP contribution in [0.5, 0.6) is 0 Å². The van der Waals surface area contributed by atoms with Gasteiger partial charge in [-0.15, -0.1) is 23.7 Å². The predicted octanol–water partition coefficient (Wildman–Crippen LogP) is 2.64. The predicted molar refractivity (Wildman–Crippen MR) is 101 cm³/mol. The molecule has 11 heteroatoms. The summed E-state index contributed by atoms with van der Waals surface area (Å²) in [7, 11) is 0. The standard InChI is InChI=1S/C17H17F3N4O2S.ClH/c18-17(19,20)12-3-1-2-11(8-12)15(25)23-4-6-24(7-5-23)16(26)13-10-27-14(9-21)22-13;/h1-3,8,10H,4-7,9,21H2;1H. The van der Waals surface area contributed by atoms with Gasteiger partial charge in [-0.25, -0.2) is 4.98 Å². The van der Waals surface area contributed by atoms with Gasteiger partial charge in [0.1, 0.15) is 10.7 Å². The van der Waals surface area contributed by atoms with Gasteiger partial charge in [-0.05, 0) is 18.2 Å². The number of rotatable bonds is 3. The number of benzene rings is 1. The van der Waals surface area contributed by atoms with Gasteiger partial charge < -0.3 is 15.5 Å². The van der Waals surface area contributed by atoms with Crippen molar-refractivity contribution in [3.8, 4) is 0 Å². The zero-order valence-electron chi connectivity index (χ0n) is 14.6. The van der Waals surface area contributed by atoms with Gasteiger partial charge in [-0.1, -0.05) is 6.07 Å². The van der Waals surface area contributed by atoms with Crippen LogP contribution < -0.4 is 5.73 Å². The van der Waals surface area contributed by atoms with E-state index in [1.54, 1.807) is 10.3 Å². The van der Waals surface area contributed by atoms with E-state index in [1.165, 1.54) is 28.4 Å². The highest BCUT2D eigenvalue weighted by molar-refractivity contribution is 7.09. The third-order valence-corrected chi connectivity index (χ3v) is 5.11. The van der Waals surface area contributed by atoms with Gasteiger partial charge in [-0.3, -0.25) is 9.59 Å². The molecule has 2 aromatic rings. The number of nitrogens with two attached hydrogens (primary N) is 1. The highest BCUT2D eigenvalue weighted by atomic mass is 35.5. The molecule has 1 aliphatic heterocycles. The molecule has 0 aliphatic carbocycles. The quantitative estimate of drug-likeness (QED) is 0.805. The second-order valence-corrected chi connectivity index (χ2v) is 6.94. The maximum absolute atomic E-state index is 12.8. The second kappa shape index (κ2) is 8.89. The third kappa shape index (κ3) is 4.81. The Labute approximate surface area is 169 Å². The molecule has 1 aromatic heterocycles. The van der Waals surface area contributed by atoms with Gasteiger partial charge >= 0.3 is 6.18 Å². The van der Waals surface area contributed by atoms with Crippen LogP contribution in [0.25, 0.3) is 0 Å². The van der Waals surface area contributed by atoms with E-state index in [1.807, 2.05) is 0 Å². The summed E-state index contributed by atoms with van der Waals surface area (Å²) in [5, 5.41) is 2.31. The Morgan fingerprint density at radius 2 is 1.71 bits per heavy atom. The molecule has 0 atom stereocenters. The van der Waals surface area contributed by atoms with E-state index in [0.717, 1.165) is 12.1 Å². The Bertz CT molecular complexity index is 851. The number of thiazole rings is 1. The minimum absolute atomic E-state index is 0. The van der Waals surface area contributed by atoms with E-state index in [2.05, 4.69) is 4.98 Å². The number of hydrogen-bond donors (Lipinski definition) is 1. The van der Waals surface area contributed by atoms with Crippen molar-refractivity contribution in [1.82, 2.24) is 14.8 Å². The molecule has 0 unspecified atom stereocenters. The molecule has 0 radical (unpaired) electrons. The van der Waals surface area contributed by atoms with E-state index in [9.17, 15) is 22.8 Å². The molecule has 2 heterocycles. The Balaban J connectivity index is 0.00000280. The van der Waals surface area contributed by atoms with E-state index in [0.29, 0.717) is 23.8 Å². The monoisotopic (exact) mass is 434 g/mol. The molecular weight excluding hydrogens is 417 g/mol. The summed E-state index contributed by atoms with van der Waals surface area (Å²) < 4.78 is 38.5. The minimum atomic E-state index is -4.50. The van der Waals surface area contributed by atoms with Crippen molar-refractivity contribution in [2.24, 2.45) is 5.73 Å². The Kier molecular flexibility index (Phi) is 7.02. The molecular formula is C17H18ClF3N4O2S. The van der Waals surface area contributed by atoms with Crippen LogP contribution >= 0.6 is 23.7 Å². The molecule has 28 heavy (non-hydrogen) atoms. The van der Waals surface area contributed by atoms with E-state index < -0.39 is 17.6 Å². The molecule has 3 rings (SSSR count). The molecule has 6 nitrogen and oxygen atoms in total. The minimum Gasteiger partial charge on any atom is -0.335 e. The summed E-state index contributed by atoms with van der Waals surface area (Å²) in [6.45, 7) is 1.33. The van der Waals surface area contributed by atoms with Crippen LogP contribution in [0.4, 0.5) is 13.2 Å². The third-order valence-electron chi connectivity index (χ3n) is 4.24. The average molecular weight is 435 g/mol. The smallest absolute Gasteiger partial charge is 0.335 e. The lowest BCUT2D eigenvalue weighted by molar-refractivity contribution is -0.137. The summed E-state index contributed by atoms with van der Waals surface area (Å²) in [5.74, 6) is -0.718. The first-order valence-electron chi connectivity index (χ1n) is 8.20. The fraction of sp³-hybridized carbons (Fsp3) is 0.353. The van der Waals surface area contributed by atoms with Gasteiger partial charge in [0.15, 0.2) is 0 Å². The summed E-state index contributed by atoms with van der Waals surface area (Å²) in [6.07, 6.45) is -4.50. The lowest BCUT2D eigenvalue weighted by atomic mass is 10.1. The fourth-order valence-electron chi connectivity index (χ4n) is 2.79. The summed E-state index contributed by atoms with van der Waals surface area (Å²) in [6, 6.07) is 4.35. The number of carbonyl (C=O) groups is 2. The number of halogens is 4. The molecule has 0 spiro atoms. The van der Waals surface area contributed by atoms with Crippen LogP contribution in [0.1, 0.15) is 31.4 Å². The van der Waals surface area contributed by atoms with Crippen LogP contribution in [-0.4, -0.2) is 52.8 Å². The molecule has 0 saturated carbocycles. The Morgan fingerprint density at radius 1 is 1.11 bits per heavy atom. The van der Waals surface area contributed by atoms with Crippen LogP contribution in [0, 0.1) is 0 Å². The Morgan fingerprint density at radius 3 is 2.25 bits per heavy atom.